The average Bonchev–Trinajstić information content (AvgIpc) is 2.48. The lowest BCUT2D eigenvalue weighted by Crippen LogP contribution is -2.51. The van der Waals surface area contributed by atoms with Crippen LogP contribution in [-0.4, -0.2) is 48.5 Å². The fourth-order valence-corrected chi connectivity index (χ4v) is 3.27. The van der Waals surface area contributed by atoms with Crippen LogP contribution in [0.3, 0.4) is 0 Å². The van der Waals surface area contributed by atoms with Crippen LogP contribution in [-0.2, 0) is 4.74 Å². The lowest BCUT2D eigenvalue weighted by molar-refractivity contribution is -0.0514. The zero-order chi connectivity index (χ0) is 13.9. The van der Waals surface area contributed by atoms with Crippen molar-refractivity contribution in [1.29, 1.82) is 0 Å². The zero-order valence-electron chi connectivity index (χ0n) is 12.0. The van der Waals surface area contributed by atoms with Crippen LogP contribution in [0.4, 0.5) is 0 Å². The maximum atomic E-state index is 10.6. The summed E-state index contributed by atoms with van der Waals surface area (Å²) in [7, 11) is 0. The molecule has 0 saturated carbocycles. The number of hydrogen-bond donors (Lipinski definition) is 1. The van der Waals surface area contributed by atoms with Gasteiger partial charge in [0.2, 0.25) is 0 Å². The van der Waals surface area contributed by atoms with Crippen LogP contribution in [0.5, 0.6) is 5.75 Å². The van der Waals surface area contributed by atoms with E-state index in [1.54, 1.807) is 0 Å². The van der Waals surface area contributed by atoms with Gasteiger partial charge in [-0.1, -0.05) is 18.2 Å². The van der Waals surface area contributed by atoms with Gasteiger partial charge in [0.05, 0.1) is 12.1 Å². The van der Waals surface area contributed by atoms with Gasteiger partial charge in [-0.2, -0.15) is 0 Å². The van der Waals surface area contributed by atoms with Gasteiger partial charge in [0.15, 0.2) is 0 Å². The van der Waals surface area contributed by atoms with Crippen molar-refractivity contribution in [1.82, 2.24) is 4.90 Å². The SMILES string of the molecule is CCOC1CCCN(C2COc3ccccc3C2O)C1. The van der Waals surface area contributed by atoms with Crippen molar-refractivity contribution in [2.24, 2.45) is 0 Å². The summed E-state index contributed by atoms with van der Waals surface area (Å²) in [6.07, 6.45) is 2.05. The molecule has 3 rings (SSSR count). The van der Waals surface area contributed by atoms with Crippen molar-refractivity contribution in [3.8, 4) is 5.75 Å². The third-order valence-electron chi connectivity index (χ3n) is 4.29. The second kappa shape index (κ2) is 6.12. The van der Waals surface area contributed by atoms with E-state index in [2.05, 4.69) is 4.90 Å². The first-order valence-electron chi connectivity index (χ1n) is 7.55. The fraction of sp³-hybridized carbons (Fsp3) is 0.625. The minimum atomic E-state index is -0.472. The summed E-state index contributed by atoms with van der Waals surface area (Å²) in [6, 6.07) is 7.81. The number of aliphatic hydroxyl groups excluding tert-OH is 1. The molecule has 1 N–H and O–H groups in total. The van der Waals surface area contributed by atoms with E-state index >= 15 is 0 Å². The molecule has 0 radical (unpaired) electrons. The van der Waals surface area contributed by atoms with Crippen LogP contribution in [0.2, 0.25) is 0 Å². The predicted molar refractivity (Wildman–Crippen MR) is 76.9 cm³/mol. The van der Waals surface area contributed by atoms with Crippen LogP contribution >= 0.6 is 0 Å². The molecule has 0 spiro atoms. The number of fused-ring (bicyclic) bond motifs is 1. The number of aliphatic hydroxyl groups is 1. The Balaban J connectivity index is 1.72. The minimum Gasteiger partial charge on any atom is -0.491 e. The van der Waals surface area contributed by atoms with E-state index in [4.69, 9.17) is 9.47 Å². The first kappa shape index (κ1) is 13.9. The molecule has 20 heavy (non-hydrogen) atoms. The van der Waals surface area contributed by atoms with Crippen LogP contribution in [0.25, 0.3) is 0 Å². The van der Waals surface area contributed by atoms with E-state index in [-0.39, 0.29) is 12.1 Å². The average molecular weight is 277 g/mol. The summed E-state index contributed by atoms with van der Waals surface area (Å²) in [5.41, 5.74) is 0.905. The highest BCUT2D eigenvalue weighted by Crippen LogP contribution is 2.34. The van der Waals surface area contributed by atoms with Crippen molar-refractivity contribution in [2.75, 3.05) is 26.3 Å². The van der Waals surface area contributed by atoms with E-state index < -0.39 is 6.10 Å². The minimum absolute atomic E-state index is 0.0353. The molecule has 1 fully saturated rings. The molecule has 0 bridgehead atoms. The van der Waals surface area contributed by atoms with E-state index in [0.717, 1.165) is 43.9 Å². The first-order valence-corrected chi connectivity index (χ1v) is 7.55. The van der Waals surface area contributed by atoms with Crippen molar-refractivity contribution in [3.05, 3.63) is 29.8 Å². The lowest BCUT2D eigenvalue weighted by Gasteiger charge is -2.42. The lowest BCUT2D eigenvalue weighted by atomic mass is 9.95. The Labute approximate surface area is 120 Å². The molecule has 0 aliphatic carbocycles. The Morgan fingerprint density at radius 2 is 2.25 bits per heavy atom. The number of para-hydroxylation sites is 1. The van der Waals surface area contributed by atoms with Crippen molar-refractivity contribution in [3.63, 3.8) is 0 Å². The third kappa shape index (κ3) is 2.68. The number of nitrogens with zero attached hydrogens (tertiary/aromatic N) is 1. The molecule has 0 aromatic heterocycles. The Morgan fingerprint density at radius 1 is 1.40 bits per heavy atom. The molecule has 110 valence electrons. The van der Waals surface area contributed by atoms with Gasteiger partial charge in [0.25, 0.3) is 0 Å². The highest BCUT2D eigenvalue weighted by atomic mass is 16.5. The van der Waals surface area contributed by atoms with Crippen molar-refractivity contribution >= 4 is 0 Å². The molecule has 4 heteroatoms. The van der Waals surface area contributed by atoms with E-state index in [9.17, 15) is 5.11 Å². The Hall–Kier alpha value is -1.10. The maximum Gasteiger partial charge on any atom is 0.125 e. The topological polar surface area (TPSA) is 41.9 Å². The number of likely N-dealkylation sites (tertiary alicyclic amines) is 1. The smallest absolute Gasteiger partial charge is 0.125 e. The van der Waals surface area contributed by atoms with Gasteiger partial charge in [0, 0.05) is 18.7 Å². The maximum absolute atomic E-state index is 10.6. The van der Waals surface area contributed by atoms with Gasteiger partial charge in [-0.05, 0) is 32.4 Å². The summed E-state index contributed by atoms with van der Waals surface area (Å²) >= 11 is 0. The summed E-state index contributed by atoms with van der Waals surface area (Å²) in [5.74, 6) is 0.814. The monoisotopic (exact) mass is 277 g/mol. The van der Waals surface area contributed by atoms with Crippen LogP contribution < -0.4 is 4.74 Å². The molecule has 1 aromatic rings. The number of rotatable bonds is 3. The second-order valence-corrected chi connectivity index (χ2v) is 5.58. The number of benzene rings is 1. The predicted octanol–water partition coefficient (Wildman–Crippen LogP) is 1.98. The second-order valence-electron chi connectivity index (χ2n) is 5.58. The quantitative estimate of drug-likeness (QED) is 0.917. The van der Waals surface area contributed by atoms with Gasteiger partial charge in [-0.25, -0.2) is 0 Å². The first-order chi connectivity index (χ1) is 9.79. The Morgan fingerprint density at radius 3 is 3.10 bits per heavy atom. The molecule has 2 aliphatic rings. The third-order valence-corrected chi connectivity index (χ3v) is 4.29. The summed E-state index contributed by atoms with van der Waals surface area (Å²) in [6.45, 7) is 5.24. The van der Waals surface area contributed by atoms with Crippen LogP contribution in [0.1, 0.15) is 31.4 Å². The van der Waals surface area contributed by atoms with E-state index in [1.807, 2.05) is 31.2 Å². The Bertz CT molecular complexity index is 449. The summed E-state index contributed by atoms with van der Waals surface area (Å²) in [5, 5.41) is 10.6. The zero-order valence-corrected chi connectivity index (χ0v) is 12.0. The van der Waals surface area contributed by atoms with Crippen molar-refractivity contribution in [2.45, 2.75) is 38.0 Å². The highest BCUT2D eigenvalue weighted by molar-refractivity contribution is 5.37. The normalized spacial score (nSPS) is 30.6. The van der Waals surface area contributed by atoms with E-state index in [0.29, 0.717) is 6.61 Å². The molecule has 3 atom stereocenters. The number of ether oxygens (including phenoxy) is 2. The largest absolute Gasteiger partial charge is 0.491 e. The fourth-order valence-electron chi connectivity index (χ4n) is 3.27. The van der Waals surface area contributed by atoms with Gasteiger partial charge < -0.3 is 14.6 Å². The molecule has 1 aromatic carbocycles. The van der Waals surface area contributed by atoms with Crippen LogP contribution in [0.15, 0.2) is 24.3 Å². The number of piperidine rings is 1. The molecule has 2 aliphatic heterocycles. The van der Waals surface area contributed by atoms with Crippen molar-refractivity contribution < 1.29 is 14.6 Å². The highest BCUT2D eigenvalue weighted by Gasteiger charge is 2.35. The number of hydrogen-bond acceptors (Lipinski definition) is 4. The standard InChI is InChI=1S/C16H23NO3/c1-2-19-12-6-5-9-17(10-12)14-11-20-15-8-4-3-7-13(15)16(14)18/h3-4,7-8,12,14,16,18H,2,5-6,9-11H2,1H3. The van der Waals surface area contributed by atoms with Gasteiger partial charge in [0.1, 0.15) is 18.5 Å². The summed E-state index contributed by atoms with van der Waals surface area (Å²) in [4.78, 5) is 2.32. The molecular formula is C16H23NO3. The van der Waals surface area contributed by atoms with Gasteiger partial charge >= 0.3 is 0 Å². The summed E-state index contributed by atoms with van der Waals surface area (Å²) < 4.78 is 11.6. The van der Waals surface area contributed by atoms with Gasteiger partial charge in [-0.15, -0.1) is 0 Å². The molecule has 3 unspecified atom stereocenters. The van der Waals surface area contributed by atoms with Crippen LogP contribution in [0, 0.1) is 0 Å². The molecule has 2 heterocycles. The van der Waals surface area contributed by atoms with Gasteiger partial charge in [-0.3, -0.25) is 4.90 Å². The molecule has 0 amide bonds. The molecule has 4 nitrogen and oxygen atoms in total. The van der Waals surface area contributed by atoms with E-state index in [1.165, 1.54) is 0 Å². The molecule has 1 saturated heterocycles. The Kier molecular flexibility index (Phi) is 4.24. The molecular weight excluding hydrogens is 254 g/mol.